The molecular formula is C22H28N2O. The molecule has 2 aromatic carbocycles. The number of anilines is 1. The van der Waals surface area contributed by atoms with Crippen molar-refractivity contribution in [1.29, 1.82) is 0 Å². The molecule has 1 fully saturated rings. The van der Waals surface area contributed by atoms with Crippen LogP contribution in [0.5, 0.6) is 0 Å². The summed E-state index contributed by atoms with van der Waals surface area (Å²) in [6, 6.07) is 18.3. The highest BCUT2D eigenvalue weighted by Gasteiger charge is 2.27. The van der Waals surface area contributed by atoms with E-state index in [0.717, 1.165) is 17.8 Å². The van der Waals surface area contributed by atoms with Gasteiger partial charge in [0.2, 0.25) is 5.91 Å². The van der Waals surface area contributed by atoms with Crippen molar-refractivity contribution in [2.24, 2.45) is 5.92 Å². The number of para-hydroxylation sites is 1. The van der Waals surface area contributed by atoms with E-state index in [1.807, 2.05) is 42.5 Å². The van der Waals surface area contributed by atoms with E-state index >= 15 is 0 Å². The van der Waals surface area contributed by atoms with E-state index in [4.69, 9.17) is 5.73 Å². The summed E-state index contributed by atoms with van der Waals surface area (Å²) in [5.41, 5.74) is 9.06. The Morgan fingerprint density at radius 3 is 2.44 bits per heavy atom. The summed E-state index contributed by atoms with van der Waals surface area (Å²) in [5, 5.41) is 0. The maximum atomic E-state index is 13.0. The molecule has 0 bridgehead atoms. The van der Waals surface area contributed by atoms with Crippen molar-refractivity contribution >= 4 is 11.6 Å². The van der Waals surface area contributed by atoms with Crippen LogP contribution in [0.25, 0.3) is 0 Å². The van der Waals surface area contributed by atoms with Gasteiger partial charge in [-0.2, -0.15) is 0 Å². The fourth-order valence-corrected chi connectivity index (χ4v) is 3.49. The van der Waals surface area contributed by atoms with Crippen LogP contribution < -0.4 is 5.73 Å². The number of rotatable bonds is 7. The Bertz CT molecular complexity index is 694. The summed E-state index contributed by atoms with van der Waals surface area (Å²) in [6.45, 7) is 3.02. The van der Waals surface area contributed by atoms with E-state index in [0.29, 0.717) is 18.8 Å². The van der Waals surface area contributed by atoms with E-state index in [-0.39, 0.29) is 11.9 Å². The maximum absolute atomic E-state index is 13.0. The molecule has 132 valence electrons. The smallest absolute Gasteiger partial charge is 0.223 e. The van der Waals surface area contributed by atoms with Crippen LogP contribution in [0.4, 0.5) is 5.69 Å². The third-order valence-corrected chi connectivity index (χ3v) is 5.41. The van der Waals surface area contributed by atoms with Crippen molar-refractivity contribution in [3.8, 4) is 0 Å². The normalized spacial score (nSPS) is 15.4. The number of nitrogens with zero attached hydrogens (tertiary/aromatic N) is 1. The molecule has 2 N–H and O–H groups in total. The van der Waals surface area contributed by atoms with Crippen LogP contribution in [-0.2, 0) is 11.2 Å². The average molecular weight is 336 g/mol. The predicted molar refractivity (Wildman–Crippen MR) is 103 cm³/mol. The molecule has 2 aromatic rings. The third-order valence-electron chi connectivity index (χ3n) is 5.41. The van der Waals surface area contributed by atoms with Gasteiger partial charge in [0.1, 0.15) is 0 Å². The van der Waals surface area contributed by atoms with E-state index < -0.39 is 0 Å². The summed E-state index contributed by atoms with van der Waals surface area (Å²) >= 11 is 0. The quantitative estimate of drug-likeness (QED) is 0.752. The summed E-state index contributed by atoms with van der Waals surface area (Å²) in [6.07, 6.45) is 5.01. The van der Waals surface area contributed by atoms with Gasteiger partial charge in [0.25, 0.3) is 0 Å². The minimum atomic E-state index is 0.113. The van der Waals surface area contributed by atoms with Gasteiger partial charge in [0.05, 0.1) is 6.04 Å². The van der Waals surface area contributed by atoms with Crippen molar-refractivity contribution in [3.63, 3.8) is 0 Å². The molecule has 25 heavy (non-hydrogen) atoms. The van der Waals surface area contributed by atoms with Crippen LogP contribution in [0, 0.1) is 5.92 Å². The van der Waals surface area contributed by atoms with E-state index in [1.54, 1.807) is 0 Å². The minimum Gasteiger partial charge on any atom is -0.399 e. The molecule has 3 nitrogen and oxygen atoms in total. The molecule has 0 radical (unpaired) electrons. The second-order valence-corrected chi connectivity index (χ2v) is 7.13. The third kappa shape index (κ3) is 4.41. The first-order valence-electron chi connectivity index (χ1n) is 9.33. The first kappa shape index (κ1) is 17.5. The van der Waals surface area contributed by atoms with Crippen molar-refractivity contribution in [2.45, 2.75) is 45.1 Å². The number of carbonyl (C=O) groups excluding carboxylic acids is 1. The molecule has 1 aliphatic rings. The van der Waals surface area contributed by atoms with Crippen molar-refractivity contribution in [2.75, 3.05) is 12.3 Å². The second kappa shape index (κ2) is 8.19. The van der Waals surface area contributed by atoms with Gasteiger partial charge >= 0.3 is 0 Å². The lowest BCUT2D eigenvalue weighted by molar-refractivity contribution is -0.134. The number of nitrogen functional groups attached to an aromatic ring is 1. The first-order valence-corrected chi connectivity index (χ1v) is 9.33. The lowest BCUT2D eigenvalue weighted by atomic mass is 9.84. The molecule has 3 heteroatoms. The summed E-state index contributed by atoms with van der Waals surface area (Å²) in [4.78, 5) is 15.1. The molecule has 1 saturated carbocycles. The fourth-order valence-electron chi connectivity index (χ4n) is 3.49. The largest absolute Gasteiger partial charge is 0.399 e. The van der Waals surface area contributed by atoms with Crippen molar-refractivity contribution < 1.29 is 4.79 Å². The van der Waals surface area contributed by atoms with E-state index in [2.05, 4.69) is 24.0 Å². The number of nitrogens with two attached hydrogens (primary N) is 1. The summed E-state index contributed by atoms with van der Waals surface area (Å²) < 4.78 is 0. The van der Waals surface area contributed by atoms with Crippen LogP contribution >= 0.6 is 0 Å². The molecule has 0 aromatic heterocycles. The van der Waals surface area contributed by atoms with Gasteiger partial charge in [-0.3, -0.25) is 4.79 Å². The number of hydrogen-bond donors (Lipinski definition) is 1. The van der Waals surface area contributed by atoms with Crippen LogP contribution in [0.1, 0.15) is 49.8 Å². The highest BCUT2D eigenvalue weighted by atomic mass is 16.2. The van der Waals surface area contributed by atoms with Gasteiger partial charge in [0, 0.05) is 18.7 Å². The van der Waals surface area contributed by atoms with Gasteiger partial charge in [-0.25, -0.2) is 0 Å². The lowest BCUT2D eigenvalue weighted by Gasteiger charge is -2.36. The maximum Gasteiger partial charge on any atom is 0.223 e. The highest BCUT2D eigenvalue weighted by Crippen LogP contribution is 2.31. The first-order chi connectivity index (χ1) is 12.1. The predicted octanol–water partition coefficient (Wildman–Crippen LogP) is 4.59. The number of benzene rings is 2. The monoisotopic (exact) mass is 336 g/mol. The average Bonchev–Trinajstić information content (AvgIpc) is 2.60. The van der Waals surface area contributed by atoms with E-state index in [9.17, 15) is 4.79 Å². The summed E-state index contributed by atoms with van der Waals surface area (Å²) in [5.74, 6) is 0.892. The molecule has 0 saturated heterocycles. The highest BCUT2D eigenvalue weighted by molar-refractivity contribution is 5.77. The van der Waals surface area contributed by atoms with E-state index in [1.165, 1.54) is 24.8 Å². The van der Waals surface area contributed by atoms with Crippen LogP contribution in [0.3, 0.4) is 0 Å². The van der Waals surface area contributed by atoms with Crippen LogP contribution in [0.15, 0.2) is 54.6 Å². The van der Waals surface area contributed by atoms with Crippen LogP contribution in [0.2, 0.25) is 0 Å². The fraction of sp³-hybridized carbons (Fsp3) is 0.409. The standard InChI is InChI=1S/C22H28N2O/c1-17(19-10-3-2-4-11-19)24(16-18-8-7-9-18)22(25)15-14-20-12-5-6-13-21(20)23/h2-6,10-13,17-18H,7-9,14-16,23H2,1H3. The number of carbonyl (C=O) groups is 1. The number of hydrogen-bond acceptors (Lipinski definition) is 2. The Morgan fingerprint density at radius 2 is 1.80 bits per heavy atom. The number of aryl methyl sites for hydroxylation is 1. The second-order valence-electron chi connectivity index (χ2n) is 7.13. The zero-order chi connectivity index (χ0) is 17.6. The van der Waals surface area contributed by atoms with Crippen LogP contribution in [-0.4, -0.2) is 17.4 Å². The molecule has 0 heterocycles. The molecule has 1 amide bonds. The molecule has 0 spiro atoms. The minimum absolute atomic E-state index is 0.113. The van der Waals surface area contributed by atoms with Gasteiger partial charge < -0.3 is 10.6 Å². The summed E-state index contributed by atoms with van der Waals surface area (Å²) in [7, 11) is 0. The number of amides is 1. The zero-order valence-corrected chi connectivity index (χ0v) is 15.0. The molecule has 1 atom stereocenters. The van der Waals surface area contributed by atoms with Gasteiger partial charge in [-0.15, -0.1) is 0 Å². The topological polar surface area (TPSA) is 46.3 Å². The Labute approximate surface area is 150 Å². The molecular weight excluding hydrogens is 308 g/mol. The van der Waals surface area contributed by atoms with Gasteiger partial charge in [-0.05, 0) is 49.3 Å². The zero-order valence-electron chi connectivity index (χ0n) is 15.0. The Morgan fingerprint density at radius 1 is 1.12 bits per heavy atom. The lowest BCUT2D eigenvalue weighted by Crippen LogP contribution is -2.39. The van der Waals surface area contributed by atoms with Crippen molar-refractivity contribution in [1.82, 2.24) is 4.90 Å². The molecule has 0 aliphatic heterocycles. The van der Waals surface area contributed by atoms with Crippen molar-refractivity contribution in [3.05, 3.63) is 65.7 Å². The molecule has 1 unspecified atom stereocenters. The Kier molecular flexibility index (Phi) is 5.75. The molecule has 1 aliphatic carbocycles. The molecule has 3 rings (SSSR count). The Hall–Kier alpha value is -2.29. The SMILES string of the molecule is CC(c1ccccc1)N(CC1CCC1)C(=O)CCc1ccccc1N. The van der Waals surface area contributed by atoms with Gasteiger partial charge in [-0.1, -0.05) is 55.0 Å². The Balaban J connectivity index is 1.69. The van der Waals surface area contributed by atoms with Gasteiger partial charge in [0.15, 0.2) is 0 Å².